The monoisotopic (exact) mass is 357 g/mol. The van der Waals surface area contributed by atoms with Crippen molar-refractivity contribution in [2.45, 2.75) is 13.8 Å². The van der Waals surface area contributed by atoms with E-state index >= 15 is 0 Å². The van der Waals surface area contributed by atoms with Crippen LogP contribution in [0.4, 0.5) is 5.69 Å². The van der Waals surface area contributed by atoms with Crippen LogP contribution in [0.3, 0.4) is 0 Å². The Labute approximate surface area is 150 Å². The number of ether oxygens (including phenoxy) is 3. The highest BCUT2D eigenvalue weighted by Crippen LogP contribution is 2.34. The number of hydrogen-bond donors (Lipinski definition) is 1. The van der Waals surface area contributed by atoms with Crippen molar-refractivity contribution in [1.82, 2.24) is 9.78 Å². The first-order valence-electron chi connectivity index (χ1n) is 7.98. The van der Waals surface area contributed by atoms with Gasteiger partial charge in [0.2, 0.25) is 6.79 Å². The number of fused-ring (bicyclic) bond motifs is 1. The van der Waals surface area contributed by atoms with Crippen LogP contribution < -0.4 is 14.8 Å². The maximum atomic E-state index is 11.9. The quantitative estimate of drug-likeness (QED) is 0.650. The van der Waals surface area contributed by atoms with Gasteiger partial charge in [0.15, 0.2) is 18.1 Å². The molecular formula is C18H19N3O5. The number of amides is 1. The van der Waals surface area contributed by atoms with Crippen molar-refractivity contribution < 1.29 is 23.8 Å². The van der Waals surface area contributed by atoms with E-state index in [1.807, 2.05) is 20.9 Å². The topological polar surface area (TPSA) is 91.7 Å². The van der Waals surface area contributed by atoms with Gasteiger partial charge in [0, 0.05) is 36.1 Å². The molecule has 1 amide bonds. The number of esters is 1. The summed E-state index contributed by atoms with van der Waals surface area (Å²) in [5.41, 5.74) is 3.14. The lowest BCUT2D eigenvalue weighted by atomic mass is 10.2. The minimum absolute atomic E-state index is 0.159. The molecule has 0 aliphatic carbocycles. The summed E-state index contributed by atoms with van der Waals surface area (Å²) in [7, 11) is 1.83. The van der Waals surface area contributed by atoms with Crippen molar-refractivity contribution in [2.24, 2.45) is 7.05 Å². The Balaban J connectivity index is 1.51. The minimum Gasteiger partial charge on any atom is -0.454 e. The molecule has 3 rings (SSSR count). The van der Waals surface area contributed by atoms with Crippen LogP contribution in [0.1, 0.15) is 17.0 Å². The van der Waals surface area contributed by atoms with Crippen LogP contribution in [-0.4, -0.2) is 35.1 Å². The van der Waals surface area contributed by atoms with Gasteiger partial charge >= 0.3 is 5.97 Å². The number of anilines is 1. The number of aryl methyl sites for hydroxylation is 2. The molecule has 1 aliphatic rings. The Kier molecular flexibility index (Phi) is 4.92. The van der Waals surface area contributed by atoms with Gasteiger partial charge in [-0.2, -0.15) is 5.10 Å². The Morgan fingerprint density at radius 3 is 2.81 bits per heavy atom. The highest BCUT2D eigenvalue weighted by Gasteiger charge is 2.14. The molecule has 2 heterocycles. The molecule has 1 N–H and O–H groups in total. The highest BCUT2D eigenvalue weighted by molar-refractivity contribution is 5.95. The molecule has 2 aromatic rings. The second-order valence-electron chi connectivity index (χ2n) is 5.77. The number of carbonyl (C=O) groups excluding carboxylic acids is 2. The van der Waals surface area contributed by atoms with Crippen molar-refractivity contribution >= 4 is 23.6 Å². The molecule has 0 saturated heterocycles. The zero-order chi connectivity index (χ0) is 18.7. The number of benzene rings is 1. The van der Waals surface area contributed by atoms with E-state index in [1.165, 1.54) is 6.08 Å². The SMILES string of the molecule is Cc1nn(C)c(C)c1/C=C/C(=O)OCC(=O)Nc1ccc2c(c1)OCO2. The number of nitrogens with zero attached hydrogens (tertiary/aromatic N) is 2. The third kappa shape index (κ3) is 3.85. The number of hydrogen-bond acceptors (Lipinski definition) is 6. The molecule has 0 radical (unpaired) electrons. The first-order chi connectivity index (χ1) is 12.4. The molecule has 136 valence electrons. The number of rotatable bonds is 5. The predicted molar refractivity (Wildman–Crippen MR) is 93.9 cm³/mol. The van der Waals surface area contributed by atoms with Crippen molar-refractivity contribution in [2.75, 3.05) is 18.7 Å². The van der Waals surface area contributed by atoms with Crippen LogP contribution in [0.25, 0.3) is 6.08 Å². The van der Waals surface area contributed by atoms with Gasteiger partial charge < -0.3 is 19.5 Å². The normalized spacial score (nSPS) is 12.4. The molecule has 1 aromatic carbocycles. The average molecular weight is 357 g/mol. The van der Waals surface area contributed by atoms with E-state index < -0.39 is 11.9 Å². The van der Waals surface area contributed by atoms with E-state index in [2.05, 4.69) is 10.4 Å². The van der Waals surface area contributed by atoms with Gasteiger partial charge in [0.05, 0.1) is 5.69 Å². The van der Waals surface area contributed by atoms with Gasteiger partial charge in [0.25, 0.3) is 5.91 Å². The summed E-state index contributed by atoms with van der Waals surface area (Å²) in [6.07, 6.45) is 2.92. The van der Waals surface area contributed by atoms with E-state index in [1.54, 1.807) is 29.0 Å². The van der Waals surface area contributed by atoms with E-state index in [4.69, 9.17) is 14.2 Å². The van der Waals surface area contributed by atoms with Crippen LogP contribution in [0, 0.1) is 13.8 Å². The van der Waals surface area contributed by atoms with Gasteiger partial charge in [0.1, 0.15) is 0 Å². The summed E-state index contributed by atoms with van der Waals surface area (Å²) in [5.74, 6) is 0.137. The molecule has 1 aromatic heterocycles. The Morgan fingerprint density at radius 2 is 2.08 bits per heavy atom. The average Bonchev–Trinajstić information content (AvgIpc) is 3.16. The van der Waals surface area contributed by atoms with Crippen LogP contribution in [0.15, 0.2) is 24.3 Å². The summed E-state index contributed by atoms with van der Waals surface area (Å²) in [5, 5.41) is 6.90. The standard InChI is InChI=1S/C18H19N3O5/c1-11-14(12(2)21(3)20-11)5-7-18(23)24-9-17(22)19-13-4-6-15-16(8-13)26-10-25-15/h4-8H,9-10H2,1-3H3,(H,19,22)/b7-5+. The lowest BCUT2D eigenvalue weighted by molar-refractivity contribution is -0.142. The molecule has 0 unspecified atom stereocenters. The highest BCUT2D eigenvalue weighted by atomic mass is 16.7. The second-order valence-corrected chi connectivity index (χ2v) is 5.77. The van der Waals surface area contributed by atoms with Gasteiger partial charge in [-0.05, 0) is 32.1 Å². The molecule has 1 aliphatic heterocycles. The Hall–Kier alpha value is -3.29. The Morgan fingerprint density at radius 1 is 1.31 bits per heavy atom. The van der Waals surface area contributed by atoms with Crippen molar-refractivity contribution in [3.63, 3.8) is 0 Å². The third-order valence-electron chi connectivity index (χ3n) is 3.95. The molecule has 8 heteroatoms. The summed E-state index contributed by atoms with van der Waals surface area (Å²) in [6, 6.07) is 5.03. The number of carbonyl (C=O) groups is 2. The smallest absolute Gasteiger partial charge is 0.331 e. The molecule has 0 spiro atoms. The summed E-state index contributed by atoms with van der Waals surface area (Å²) in [4.78, 5) is 23.7. The number of nitrogens with one attached hydrogen (secondary N) is 1. The Bertz CT molecular complexity index is 885. The predicted octanol–water partition coefficient (Wildman–Crippen LogP) is 1.96. The second kappa shape index (κ2) is 7.30. The van der Waals surface area contributed by atoms with Crippen molar-refractivity contribution in [3.05, 3.63) is 41.2 Å². The lowest BCUT2D eigenvalue weighted by Crippen LogP contribution is -2.20. The molecule has 26 heavy (non-hydrogen) atoms. The van der Waals surface area contributed by atoms with Crippen LogP contribution in [-0.2, 0) is 21.4 Å². The molecule has 0 saturated carbocycles. The summed E-state index contributed by atoms with van der Waals surface area (Å²) >= 11 is 0. The summed E-state index contributed by atoms with van der Waals surface area (Å²) < 4.78 is 17.1. The minimum atomic E-state index is -0.603. The number of aromatic nitrogens is 2. The molecule has 8 nitrogen and oxygen atoms in total. The van der Waals surface area contributed by atoms with Gasteiger partial charge in [-0.1, -0.05) is 0 Å². The van der Waals surface area contributed by atoms with E-state index in [-0.39, 0.29) is 13.4 Å². The zero-order valence-electron chi connectivity index (χ0n) is 14.7. The van der Waals surface area contributed by atoms with Gasteiger partial charge in [-0.15, -0.1) is 0 Å². The third-order valence-corrected chi connectivity index (χ3v) is 3.95. The van der Waals surface area contributed by atoms with E-state index in [0.29, 0.717) is 17.2 Å². The first-order valence-corrected chi connectivity index (χ1v) is 7.98. The van der Waals surface area contributed by atoms with Gasteiger partial charge in [-0.3, -0.25) is 9.48 Å². The molecular weight excluding hydrogens is 338 g/mol. The van der Waals surface area contributed by atoms with E-state index in [0.717, 1.165) is 17.0 Å². The summed E-state index contributed by atoms with van der Waals surface area (Å²) in [6.45, 7) is 3.54. The molecule has 0 atom stereocenters. The van der Waals surface area contributed by atoms with E-state index in [9.17, 15) is 9.59 Å². The van der Waals surface area contributed by atoms with Crippen molar-refractivity contribution in [3.8, 4) is 11.5 Å². The van der Waals surface area contributed by atoms with Crippen molar-refractivity contribution in [1.29, 1.82) is 0 Å². The zero-order valence-corrected chi connectivity index (χ0v) is 14.7. The lowest BCUT2D eigenvalue weighted by Gasteiger charge is -2.06. The van der Waals surface area contributed by atoms with Crippen LogP contribution >= 0.6 is 0 Å². The maximum absolute atomic E-state index is 11.9. The molecule has 0 fully saturated rings. The van der Waals surface area contributed by atoms with Gasteiger partial charge in [-0.25, -0.2) is 4.79 Å². The largest absolute Gasteiger partial charge is 0.454 e. The van der Waals surface area contributed by atoms with Crippen LogP contribution in [0.2, 0.25) is 0 Å². The maximum Gasteiger partial charge on any atom is 0.331 e. The first kappa shape index (κ1) is 17.5. The molecule has 0 bridgehead atoms. The van der Waals surface area contributed by atoms with Crippen LogP contribution in [0.5, 0.6) is 11.5 Å². The fourth-order valence-electron chi connectivity index (χ4n) is 2.54. The fraction of sp³-hybridized carbons (Fsp3) is 0.278. The fourth-order valence-corrected chi connectivity index (χ4v) is 2.54.